The molecule has 1 aliphatic carbocycles. The fraction of sp³-hybridized carbons (Fsp3) is 0.615. The lowest BCUT2D eigenvalue weighted by Gasteiger charge is -2.17. The highest BCUT2D eigenvalue weighted by Gasteiger charge is 2.34. The van der Waals surface area contributed by atoms with Crippen molar-refractivity contribution in [2.24, 2.45) is 0 Å². The lowest BCUT2D eigenvalue weighted by Crippen LogP contribution is -2.33. The number of allylic oxidation sites excluding steroid dienone is 2. The summed E-state index contributed by atoms with van der Waals surface area (Å²) in [4.78, 5) is 26.3. The summed E-state index contributed by atoms with van der Waals surface area (Å²) in [5, 5.41) is 0. The SMILES string of the molecule is CC(C)(C)OC(=O)C(=[N+]=[N-])C(=O)CC1=CCCC1. The molecule has 0 aromatic heterocycles. The van der Waals surface area contributed by atoms with E-state index in [-0.39, 0.29) is 6.42 Å². The van der Waals surface area contributed by atoms with Crippen LogP contribution in [0.2, 0.25) is 0 Å². The second kappa shape index (κ2) is 5.74. The van der Waals surface area contributed by atoms with Gasteiger partial charge in [-0.15, -0.1) is 0 Å². The Morgan fingerprint density at radius 3 is 2.56 bits per heavy atom. The van der Waals surface area contributed by atoms with Crippen molar-refractivity contribution in [2.75, 3.05) is 0 Å². The van der Waals surface area contributed by atoms with Gasteiger partial charge in [0.05, 0.1) is 0 Å². The van der Waals surface area contributed by atoms with Gasteiger partial charge in [-0.05, 0) is 40.0 Å². The lowest BCUT2D eigenvalue weighted by atomic mass is 10.1. The number of hydrogen-bond acceptors (Lipinski definition) is 3. The zero-order chi connectivity index (χ0) is 13.8. The fourth-order valence-electron chi connectivity index (χ4n) is 1.72. The summed E-state index contributed by atoms with van der Waals surface area (Å²) in [5.74, 6) is -1.38. The highest BCUT2D eigenvalue weighted by Crippen LogP contribution is 2.21. The van der Waals surface area contributed by atoms with E-state index in [1.165, 1.54) is 0 Å². The zero-order valence-electron chi connectivity index (χ0n) is 11.0. The molecule has 0 unspecified atom stereocenters. The topological polar surface area (TPSA) is 79.8 Å². The number of carbonyl (C=O) groups excluding carboxylic acids is 2. The number of rotatable bonds is 4. The summed E-state index contributed by atoms with van der Waals surface area (Å²) in [6, 6.07) is 0. The van der Waals surface area contributed by atoms with Crippen molar-refractivity contribution in [3.05, 3.63) is 17.2 Å². The maximum atomic E-state index is 11.8. The minimum atomic E-state index is -0.881. The van der Waals surface area contributed by atoms with Crippen LogP contribution in [0, 0.1) is 0 Å². The van der Waals surface area contributed by atoms with Crippen molar-refractivity contribution in [2.45, 2.75) is 52.1 Å². The van der Waals surface area contributed by atoms with Gasteiger partial charge in [-0.25, -0.2) is 4.79 Å². The Hall–Kier alpha value is -1.74. The summed E-state index contributed by atoms with van der Waals surface area (Å²) >= 11 is 0. The molecule has 0 bridgehead atoms. The second-order valence-electron chi connectivity index (χ2n) is 5.31. The molecule has 0 saturated carbocycles. The zero-order valence-corrected chi connectivity index (χ0v) is 11.0. The van der Waals surface area contributed by atoms with E-state index >= 15 is 0 Å². The van der Waals surface area contributed by atoms with Crippen molar-refractivity contribution in [3.63, 3.8) is 0 Å². The van der Waals surface area contributed by atoms with Crippen molar-refractivity contribution < 1.29 is 19.1 Å². The Kier molecular flexibility index (Phi) is 4.56. The van der Waals surface area contributed by atoms with Crippen LogP contribution in [0.3, 0.4) is 0 Å². The van der Waals surface area contributed by atoms with Crippen molar-refractivity contribution >= 4 is 17.5 Å². The number of Topliss-reactive ketones (excluding diaryl/α,β-unsaturated/α-hetero) is 1. The molecule has 0 heterocycles. The van der Waals surface area contributed by atoms with Crippen LogP contribution in [0.4, 0.5) is 0 Å². The molecule has 1 rings (SSSR count). The number of nitrogens with zero attached hydrogens (tertiary/aromatic N) is 2. The van der Waals surface area contributed by atoms with Gasteiger partial charge >= 0.3 is 11.7 Å². The second-order valence-corrected chi connectivity index (χ2v) is 5.31. The number of hydrogen-bond donors (Lipinski definition) is 0. The van der Waals surface area contributed by atoms with E-state index in [1.807, 2.05) is 6.08 Å². The molecule has 0 fully saturated rings. The summed E-state index contributed by atoms with van der Waals surface area (Å²) in [7, 11) is 0. The molecule has 0 aromatic carbocycles. The van der Waals surface area contributed by atoms with Crippen LogP contribution >= 0.6 is 0 Å². The Bertz CT molecular complexity index is 438. The molecule has 0 spiro atoms. The Morgan fingerprint density at radius 1 is 1.44 bits per heavy atom. The summed E-state index contributed by atoms with van der Waals surface area (Å²) in [6.45, 7) is 5.05. The van der Waals surface area contributed by atoms with Crippen LogP contribution in [0.5, 0.6) is 0 Å². The number of ketones is 1. The standard InChI is InChI=1S/C13H18N2O3/c1-13(2,3)18-12(17)11(15-14)10(16)8-9-6-4-5-7-9/h6H,4-5,7-8H2,1-3H3. The van der Waals surface area contributed by atoms with Crippen LogP contribution in [-0.4, -0.2) is 27.9 Å². The van der Waals surface area contributed by atoms with Gasteiger partial charge in [-0.1, -0.05) is 11.6 Å². The molecule has 0 N–H and O–H groups in total. The molecule has 5 heteroatoms. The van der Waals surface area contributed by atoms with Crippen LogP contribution in [0.1, 0.15) is 46.5 Å². The van der Waals surface area contributed by atoms with Gasteiger partial charge in [0.1, 0.15) is 5.60 Å². The first-order valence-electron chi connectivity index (χ1n) is 6.00. The number of esters is 1. The summed E-state index contributed by atoms with van der Waals surface area (Å²) < 4.78 is 5.01. The van der Waals surface area contributed by atoms with Gasteiger partial charge in [-0.2, -0.15) is 4.79 Å². The largest absolute Gasteiger partial charge is 0.451 e. The minimum absolute atomic E-state index is 0.124. The third-order valence-corrected chi connectivity index (χ3v) is 2.48. The highest BCUT2D eigenvalue weighted by atomic mass is 16.6. The average Bonchev–Trinajstić information content (AvgIpc) is 2.68. The molecular formula is C13H18N2O3. The van der Waals surface area contributed by atoms with Gasteiger partial charge in [-0.3, -0.25) is 4.79 Å². The van der Waals surface area contributed by atoms with Crippen LogP contribution < -0.4 is 0 Å². The first-order chi connectivity index (χ1) is 8.33. The maximum Gasteiger partial charge on any atom is 0.441 e. The van der Waals surface area contributed by atoms with Crippen LogP contribution in [0.15, 0.2) is 11.6 Å². The number of carbonyl (C=O) groups is 2. The lowest BCUT2D eigenvalue weighted by molar-refractivity contribution is -0.152. The van der Waals surface area contributed by atoms with E-state index in [1.54, 1.807) is 20.8 Å². The molecule has 98 valence electrons. The number of ether oxygens (including phenoxy) is 1. The molecule has 0 aromatic rings. The van der Waals surface area contributed by atoms with Gasteiger partial charge in [0.15, 0.2) is 0 Å². The van der Waals surface area contributed by atoms with E-state index < -0.39 is 23.1 Å². The monoisotopic (exact) mass is 250 g/mol. The first kappa shape index (κ1) is 14.3. The predicted octanol–water partition coefficient (Wildman–Crippen LogP) is 2.07. The average molecular weight is 250 g/mol. The molecule has 5 nitrogen and oxygen atoms in total. The fourth-order valence-corrected chi connectivity index (χ4v) is 1.72. The van der Waals surface area contributed by atoms with E-state index in [2.05, 4.69) is 4.79 Å². The Morgan fingerprint density at radius 2 is 2.11 bits per heavy atom. The molecule has 0 amide bonds. The van der Waals surface area contributed by atoms with Gasteiger partial charge in [0, 0.05) is 6.42 Å². The summed E-state index contributed by atoms with van der Waals surface area (Å²) in [5.41, 5.74) is 8.52. The molecule has 0 atom stereocenters. The van der Waals surface area contributed by atoms with E-state index in [0.717, 1.165) is 24.8 Å². The smallest absolute Gasteiger partial charge is 0.441 e. The molecule has 0 radical (unpaired) electrons. The normalized spacial score (nSPS) is 14.7. The predicted molar refractivity (Wildman–Crippen MR) is 66.0 cm³/mol. The quantitative estimate of drug-likeness (QED) is 0.191. The minimum Gasteiger partial charge on any atom is -0.451 e. The molecular weight excluding hydrogens is 232 g/mol. The van der Waals surface area contributed by atoms with Crippen molar-refractivity contribution in [3.8, 4) is 0 Å². The first-order valence-corrected chi connectivity index (χ1v) is 6.00. The van der Waals surface area contributed by atoms with E-state index in [0.29, 0.717) is 0 Å². The molecule has 0 saturated heterocycles. The molecule has 18 heavy (non-hydrogen) atoms. The third-order valence-electron chi connectivity index (χ3n) is 2.48. The maximum absolute atomic E-state index is 11.8. The highest BCUT2D eigenvalue weighted by molar-refractivity contribution is 6.62. The van der Waals surface area contributed by atoms with Crippen molar-refractivity contribution in [1.29, 1.82) is 0 Å². The third kappa shape index (κ3) is 4.26. The van der Waals surface area contributed by atoms with Gasteiger partial charge in [0.25, 0.3) is 5.78 Å². The molecule has 0 aliphatic heterocycles. The van der Waals surface area contributed by atoms with E-state index in [4.69, 9.17) is 10.3 Å². The van der Waals surface area contributed by atoms with E-state index in [9.17, 15) is 9.59 Å². The van der Waals surface area contributed by atoms with Crippen LogP contribution in [0.25, 0.3) is 5.53 Å². The summed E-state index contributed by atoms with van der Waals surface area (Å²) in [6.07, 6.45) is 4.96. The Balaban J connectivity index is 2.69. The van der Waals surface area contributed by atoms with Gasteiger partial charge < -0.3 is 10.3 Å². The Labute approximate surface area is 106 Å². The van der Waals surface area contributed by atoms with Gasteiger partial charge in [0.2, 0.25) is 0 Å². The van der Waals surface area contributed by atoms with Crippen LogP contribution in [-0.2, 0) is 14.3 Å². The van der Waals surface area contributed by atoms with Crippen molar-refractivity contribution in [1.82, 2.24) is 0 Å². The molecule has 1 aliphatic rings.